The Bertz CT molecular complexity index is 1610. The lowest BCUT2D eigenvalue weighted by Gasteiger charge is -2.34. The molecule has 0 radical (unpaired) electrons. The minimum Gasteiger partial charge on any atom is -0.427 e. The molecule has 222 valence electrons. The van der Waals surface area contributed by atoms with E-state index in [2.05, 4.69) is 0 Å². The van der Waals surface area contributed by atoms with Crippen LogP contribution in [-0.2, 0) is 28.7 Å². The van der Waals surface area contributed by atoms with E-state index < -0.39 is 53.9 Å². The fourth-order valence-electron chi connectivity index (χ4n) is 5.57. The lowest BCUT2D eigenvalue weighted by atomic mass is 9.68. The number of benzene rings is 3. The van der Waals surface area contributed by atoms with Gasteiger partial charge in [-0.25, -0.2) is 0 Å². The van der Waals surface area contributed by atoms with Crippen molar-refractivity contribution in [1.29, 1.82) is 0 Å². The number of epoxide rings is 1. The maximum Gasteiger partial charge on any atom is 0.308 e. The Hall–Kier alpha value is -5.03. The van der Waals surface area contributed by atoms with Crippen LogP contribution in [0.1, 0.15) is 74.8 Å². The highest BCUT2D eigenvalue weighted by Crippen LogP contribution is 2.62. The van der Waals surface area contributed by atoms with Crippen LogP contribution in [0.4, 0.5) is 0 Å². The number of ether oxygens (including phenoxy) is 6. The van der Waals surface area contributed by atoms with Gasteiger partial charge in [0.25, 0.3) is 0 Å². The smallest absolute Gasteiger partial charge is 0.308 e. The van der Waals surface area contributed by atoms with E-state index in [0.29, 0.717) is 22.4 Å². The van der Waals surface area contributed by atoms with Crippen molar-refractivity contribution in [3.05, 3.63) is 76.9 Å². The molecule has 5 rings (SSSR count). The Labute approximate surface area is 246 Å². The molecule has 3 aromatic carbocycles. The van der Waals surface area contributed by atoms with Gasteiger partial charge in [0.05, 0.1) is 6.10 Å². The first kappa shape index (κ1) is 29.5. The zero-order chi connectivity index (χ0) is 31.0. The van der Waals surface area contributed by atoms with Crippen LogP contribution in [0.5, 0.6) is 28.7 Å². The summed E-state index contributed by atoms with van der Waals surface area (Å²) in [6, 6.07) is 14.8. The Morgan fingerprint density at radius 2 is 1.05 bits per heavy atom. The molecule has 3 aromatic rings. The Balaban J connectivity index is 1.73. The predicted octanol–water partition coefficient (Wildman–Crippen LogP) is 4.68. The minimum absolute atomic E-state index is 0.165. The van der Waals surface area contributed by atoms with Crippen molar-refractivity contribution in [3.63, 3.8) is 0 Å². The number of hydrogen-bond acceptors (Lipinski definition) is 11. The molecule has 2 aliphatic rings. The molecule has 1 saturated heterocycles. The molecule has 1 fully saturated rings. The molecule has 4 atom stereocenters. The molecule has 1 aliphatic carbocycles. The van der Waals surface area contributed by atoms with Crippen LogP contribution in [0, 0.1) is 0 Å². The fourth-order valence-corrected chi connectivity index (χ4v) is 5.57. The van der Waals surface area contributed by atoms with Crippen LogP contribution >= 0.6 is 0 Å². The van der Waals surface area contributed by atoms with Crippen molar-refractivity contribution in [3.8, 4) is 28.7 Å². The molecular formula is C32H28O11. The maximum atomic E-state index is 12.3. The average molecular weight is 589 g/mol. The number of carbonyl (C=O) groups is 5. The predicted molar refractivity (Wildman–Crippen MR) is 148 cm³/mol. The SMILES string of the molecule is CC(=O)Oc1ccc([C@H]2c3c(OC(C)=O)cc(OC(C)=O)cc3C3OC3[C@H]2c2cc(OC(C)=O)cc(OC(C)=O)c2)cc1. The van der Waals surface area contributed by atoms with Crippen molar-refractivity contribution in [1.82, 2.24) is 0 Å². The van der Waals surface area contributed by atoms with Crippen molar-refractivity contribution in [2.75, 3.05) is 0 Å². The standard InChI is InChI=1S/C32H28O11/c1-15(33)38-22-8-6-20(7-9-22)28-29(21-10-23(39-16(2)34)12-24(11-21)40-17(3)35)32-31(43-32)26-13-25(41-18(4)36)14-27(30(26)28)42-19(5)37/h6-14,28-29,31-32H,1-5H3/t28-,29+,31?,32?/m1/s1. The molecule has 1 heterocycles. The van der Waals surface area contributed by atoms with E-state index in [-0.39, 0.29) is 23.0 Å². The van der Waals surface area contributed by atoms with Gasteiger partial charge in [-0.3, -0.25) is 24.0 Å². The van der Waals surface area contributed by atoms with E-state index in [9.17, 15) is 24.0 Å². The molecule has 0 spiro atoms. The second-order valence-electron chi connectivity index (χ2n) is 10.2. The van der Waals surface area contributed by atoms with Crippen LogP contribution in [0.25, 0.3) is 0 Å². The van der Waals surface area contributed by atoms with Gasteiger partial charge in [-0.15, -0.1) is 0 Å². The molecule has 11 heteroatoms. The highest BCUT2D eigenvalue weighted by atomic mass is 16.6. The molecule has 0 bridgehead atoms. The Morgan fingerprint density at radius 1 is 0.558 bits per heavy atom. The van der Waals surface area contributed by atoms with Crippen LogP contribution in [-0.4, -0.2) is 36.0 Å². The van der Waals surface area contributed by atoms with Gasteiger partial charge < -0.3 is 28.4 Å². The van der Waals surface area contributed by atoms with Gasteiger partial charge in [0.15, 0.2) is 0 Å². The lowest BCUT2D eigenvalue weighted by Crippen LogP contribution is -2.25. The highest BCUT2D eigenvalue weighted by Gasteiger charge is 2.56. The van der Waals surface area contributed by atoms with Gasteiger partial charge in [0.2, 0.25) is 0 Å². The molecular weight excluding hydrogens is 560 g/mol. The summed E-state index contributed by atoms with van der Waals surface area (Å²) in [5, 5.41) is 0. The zero-order valence-electron chi connectivity index (χ0n) is 24.0. The number of rotatable bonds is 7. The van der Waals surface area contributed by atoms with E-state index >= 15 is 0 Å². The van der Waals surface area contributed by atoms with Crippen LogP contribution in [0.15, 0.2) is 54.6 Å². The summed E-state index contributed by atoms with van der Waals surface area (Å²) < 4.78 is 33.2. The van der Waals surface area contributed by atoms with Crippen molar-refractivity contribution in [2.45, 2.75) is 58.7 Å². The summed E-state index contributed by atoms with van der Waals surface area (Å²) >= 11 is 0. The first-order valence-electron chi connectivity index (χ1n) is 13.4. The van der Waals surface area contributed by atoms with E-state index in [0.717, 1.165) is 5.56 Å². The summed E-state index contributed by atoms with van der Waals surface area (Å²) in [5.74, 6) is -2.71. The van der Waals surface area contributed by atoms with E-state index in [1.165, 1.54) is 46.8 Å². The van der Waals surface area contributed by atoms with Gasteiger partial charge in [-0.1, -0.05) is 12.1 Å². The van der Waals surface area contributed by atoms with Gasteiger partial charge in [0, 0.05) is 64.2 Å². The number of esters is 5. The summed E-state index contributed by atoms with van der Waals surface area (Å²) in [6.45, 7) is 6.35. The number of hydrogen-bond donors (Lipinski definition) is 0. The molecule has 0 N–H and O–H groups in total. The van der Waals surface area contributed by atoms with Crippen LogP contribution < -0.4 is 23.7 Å². The average Bonchev–Trinajstić information content (AvgIpc) is 3.67. The lowest BCUT2D eigenvalue weighted by molar-refractivity contribution is -0.133. The number of carbonyl (C=O) groups excluding carboxylic acids is 5. The summed E-state index contributed by atoms with van der Waals surface area (Å²) in [7, 11) is 0. The highest BCUT2D eigenvalue weighted by molar-refractivity contribution is 5.74. The van der Waals surface area contributed by atoms with E-state index in [1.54, 1.807) is 42.5 Å². The van der Waals surface area contributed by atoms with E-state index in [1.807, 2.05) is 0 Å². The molecule has 1 aliphatic heterocycles. The summed E-state index contributed by atoms with van der Waals surface area (Å²) in [4.78, 5) is 59.3. The Morgan fingerprint density at radius 3 is 1.56 bits per heavy atom. The third kappa shape index (κ3) is 6.57. The molecule has 0 saturated carbocycles. The van der Waals surface area contributed by atoms with E-state index in [4.69, 9.17) is 28.4 Å². The van der Waals surface area contributed by atoms with Gasteiger partial charge in [0.1, 0.15) is 34.9 Å². The normalized spacial score (nSPS) is 19.7. The monoisotopic (exact) mass is 588 g/mol. The van der Waals surface area contributed by atoms with Crippen molar-refractivity contribution >= 4 is 29.8 Å². The van der Waals surface area contributed by atoms with Gasteiger partial charge >= 0.3 is 29.8 Å². The van der Waals surface area contributed by atoms with Crippen LogP contribution in [0.2, 0.25) is 0 Å². The topological polar surface area (TPSA) is 144 Å². The zero-order valence-corrected chi connectivity index (χ0v) is 24.0. The fraction of sp³-hybridized carbons (Fsp3) is 0.281. The first-order valence-corrected chi connectivity index (χ1v) is 13.4. The second kappa shape index (κ2) is 11.7. The van der Waals surface area contributed by atoms with Crippen molar-refractivity contribution in [2.24, 2.45) is 0 Å². The summed E-state index contributed by atoms with van der Waals surface area (Å²) in [5.41, 5.74) is 2.65. The second-order valence-corrected chi connectivity index (χ2v) is 10.2. The molecule has 2 unspecified atom stereocenters. The number of fused-ring (bicyclic) bond motifs is 3. The Kier molecular flexibility index (Phi) is 8.01. The first-order chi connectivity index (χ1) is 20.4. The van der Waals surface area contributed by atoms with Gasteiger partial charge in [-0.05, 0) is 47.0 Å². The third-order valence-corrected chi connectivity index (χ3v) is 6.83. The minimum atomic E-state index is -0.587. The molecule has 0 amide bonds. The van der Waals surface area contributed by atoms with Crippen molar-refractivity contribution < 1.29 is 52.4 Å². The molecule has 11 nitrogen and oxygen atoms in total. The maximum absolute atomic E-state index is 12.3. The van der Waals surface area contributed by atoms with Gasteiger partial charge in [-0.2, -0.15) is 0 Å². The third-order valence-electron chi connectivity index (χ3n) is 6.83. The quantitative estimate of drug-likeness (QED) is 0.215. The summed E-state index contributed by atoms with van der Waals surface area (Å²) in [6.07, 6.45) is -0.850. The van der Waals surface area contributed by atoms with Crippen LogP contribution in [0.3, 0.4) is 0 Å². The molecule has 0 aromatic heterocycles. The molecule has 43 heavy (non-hydrogen) atoms. The largest absolute Gasteiger partial charge is 0.427 e.